The number of halogens is 1. The van der Waals surface area contributed by atoms with Crippen LogP contribution in [0, 0.1) is 18.2 Å². The van der Waals surface area contributed by atoms with Gasteiger partial charge >= 0.3 is 6.09 Å². The molecule has 39 heavy (non-hydrogen) atoms. The van der Waals surface area contributed by atoms with Crippen LogP contribution in [0.5, 0.6) is 11.5 Å². The molecule has 8 heteroatoms. The molecule has 1 aromatic heterocycles. The molecule has 1 aliphatic heterocycles. The Hall–Kier alpha value is -3.88. The van der Waals surface area contributed by atoms with E-state index in [2.05, 4.69) is 30.1 Å². The zero-order valence-electron chi connectivity index (χ0n) is 22.1. The van der Waals surface area contributed by atoms with E-state index in [1.165, 1.54) is 29.8 Å². The van der Waals surface area contributed by atoms with E-state index in [0.29, 0.717) is 25.1 Å². The van der Waals surface area contributed by atoms with Crippen molar-refractivity contribution in [1.29, 1.82) is 0 Å². The number of rotatable bonds is 8. The number of aliphatic hydroxyl groups excluding tert-OH is 2. The van der Waals surface area contributed by atoms with E-state index in [0.717, 1.165) is 27.7 Å². The fraction of sp³-hybridized carbons (Fsp3) is 0.323. The second-order valence-corrected chi connectivity index (χ2v) is 10.3. The third kappa shape index (κ3) is 5.35. The number of ether oxygens (including phenoxy) is 2. The highest BCUT2D eigenvalue weighted by atomic mass is 19.1. The zero-order valence-corrected chi connectivity index (χ0v) is 22.1. The monoisotopic (exact) mass is 532 g/mol. The van der Waals surface area contributed by atoms with E-state index in [1.54, 1.807) is 4.90 Å². The van der Waals surface area contributed by atoms with Gasteiger partial charge in [0.05, 0.1) is 25.2 Å². The number of carbonyl (C=O) groups excluding carboxylic acids is 1. The number of fused-ring (bicyclic) bond motifs is 3. The standard InChI is InChI=1S/C31H33FN2O5/c1-3-31(17-35,18-36)19-38-23-9-5-21(6-10-23)29-28-25(26-16-20(2)4-13-27(26)33-28)14-15-34(29)30(37)39-24-11-7-22(32)8-12-24/h4-13,16,29,33,35-36H,3,14-15,17-19H2,1-2H3. The first kappa shape index (κ1) is 26.7. The van der Waals surface area contributed by atoms with Crippen LogP contribution in [-0.2, 0) is 6.42 Å². The van der Waals surface area contributed by atoms with Crippen molar-refractivity contribution < 1.29 is 28.9 Å². The highest BCUT2D eigenvalue weighted by Gasteiger charge is 2.36. The molecular formula is C31H33FN2O5. The van der Waals surface area contributed by atoms with Gasteiger partial charge in [-0.05, 0) is 79.4 Å². The van der Waals surface area contributed by atoms with E-state index >= 15 is 0 Å². The summed E-state index contributed by atoms with van der Waals surface area (Å²) in [7, 11) is 0. The normalized spacial score (nSPS) is 15.3. The van der Waals surface area contributed by atoms with Gasteiger partial charge in [-0.15, -0.1) is 0 Å². The van der Waals surface area contributed by atoms with Crippen LogP contribution in [0.1, 0.15) is 41.8 Å². The Morgan fingerprint density at radius 2 is 1.74 bits per heavy atom. The number of aryl methyl sites for hydroxylation is 1. The Morgan fingerprint density at radius 1 is 1.05 bits per heavy atom. The smallest absolute Gasteiger partial charge is 0.416 e. The van der Waals surface area contributed by atoms with Gasteiger partial charge in [0.1, 0.15) is 23.4 Å². The van der Waals surface area contributed by atoms with Gasteiger partial charge in [-0.25, -0.2) is 9.18 Å². The van der Waals surface area contributed by atoms with Crippen molar-refractivity contribution in [3.05, 3.63) is 94.9 Å². The molecule has 3 aromatic carbocycles. The molecule has 1 atom stereocenters. The van der Waals surface area contributed by atoms with Crippen LogP contribution in [0.4, 0.5) is 9.18 Å². The second-order valence-electron chi connectivity index (χ2n) is 10.3. The van der Waals surface area contributed by atoms with Crippen molar-refractivity contribution >= 4 is 17.0 Å². The number of aromatic amines is 1. The van der Waals surface area contributed by atoms with Gasteiger partial charge in [0, 0.05) is 23.1 Å². The topological polar surface area (TPSA) is 95.0 Å². The number of benzene rings is 3. The van der Waals surface area contributed by atoms with E-state index in [9.17, 15) is 19.4 Å². The lowest BCUT2D eigenvalue weighted by molar-refractivity contribution is 0.0114. The van der Waals surface area contributed by atoms with E-state index in [1.807, 2.05) is 31.2 Å². The van der Waals surface area contributed by atoms with Crippen molar-refractivity contribution in [2.24, 2.45) is 5.41 Å². The number of carbonyl (C=O) groups is 1. The van der Waals surface area contributed by atoms with E-state index < -0.39 is 23.4 Å². The van der Waals surface area contributed by atoms with Crippen LogP contribution in [0.25, 0.3) is 10.9 Å². The van der Waals surface area contributed by atoms with Crippen LogP contribution >= 0.6 is 0 Å². The minimum absolute atomic E-state index is 0.173. The average Bonchev–Trinajstić information content (AvgIpc) is 3.33. The number of aliphatic hydroxyl groups is 2. The van der Waals surface area contributed by atoms with Crippen molar-refractivity contribution in [3.8, 4) is 11.5 Å². The first-order chi connectivity index (χ1) is 18.9. The van der Waals surface area contributed by atoms with Crippen LogP contribution in [0.15, 0.2) is 66.7 Å². The predicted molar refractivity (Wildman–Crippen MR) is 147 cm³/mol. The first-order valence-electron chi connectivity index (χ1n) is 13.2. The summed E-state index contributed by atoms with van der Waals surface area (Å²) in [5.74, 6) is 0.469. The first-order valence-corrected chi connectivity index (χ1v) is 13.2. The summed E-state index contributed by atoms with van der Waals surface area (Å²) >= 11 is 0. The molecule has 0 aliphatic carbocycles. The van der Waals surface area contributed by atoms with Gasteiger partial charge in [0.25, 0.3) is 0 Å². The summed E-state index contributed by atoms with van der Waals surface area (Å²) in [6, 6.07) is 18.7. The molecule has 2 heterocycles. The van der Waals surface area contributed by atoms with Crippen molar-refractivity contribution in [3.63, 3.8) is 0 Å². The molecule has 1 unspecified atom stereocenters. The molecule has 1 amide bonds. The largest absolute Gasteiger partial charge is 0.493 e. The molecule has 4 aromatic rings. The zero-order chi connectivity index (χ0) is 27.6. The molecule has 5 rings (SSSR count). The molecule has 0 saturated heterocycles. The lowest BCUT2D eigenvalue weighted by Gasteiger charge is -2.35. The molecule has 0 saturated carbocycles. The molecule has 0 fully saturated rings. The maximum atomic E-state index is 13.4. The van der Waals surface area contributed by atoms with Crippen molar-refractivity contribution in [1.82, 2.24) is 9.88 Å². The molecule has 0 bridgehead atoms. The maximum absolute atomic E-state index is 13.4. The quantitative estimate of drug-likeness (QED) is 0.278. The van der Waals surface area contributed by atoms with Gasteiger partial charge in [0.15, 0.2) is 0 Å². The predicted octanol–water partition coefficient (Wildman–Crippen LogP) is 5.52. The summed E-state index contributed by atoms with van der Waals surface area (Å²) < 4.78 is 24.9. The molecule has 3 N–H and O–H groups in total. The van der Waals surface area contributed by atoms with Crippen molar-refractivity contribution in [2.75, 3.05) is 26.4 Å². The fourth-order valence-electron chi connectivity index (χ4n) is 5.06. The summed E-state index contributed by atoms with van der Waals surface area (Å²) in [6.45, 7) is 4.25. The Morgan fingerprint density at radius 3 is 2.41 bits per heavy atom. The third-order valence-electron chi connectivity index (χ3n) is 7.70. The van der Waals surface area contributed by atoms with Gasteiger partial charge in [-0.1, -0.05) is 30.7 Å². The minimum Gasteiger partial charge on any atom is -0.493 e. The number of aromatic nitrogens is 1. The Balaban J connectivity index is 1.47. The average molecular weight is 533 g/mol. The summed E-state index contributed by atoms with van der Waals surface area (Å²) in [6.07, 6.45) is 0.718. The summed E-state index contributed by atoms with van der Waals surface area (Å²) in [5.41, 5.74) is 4.43. The van der Waals surface area contributed by atoms with Gasteiger partial charge in [0.2, 0.25) is 0 Å². The molecule has 1 aliphatic rings. The number of H-pyrrole nitrogens is 1. The summed E-state index contributed by atoms with van der Waals surface area (Å²) in [4.78, 5) is 18.6. The second kappa shape index (κ2) is 11.1. The lowest BCUT2D eigenvalue weighted by atomic mass is 9.88. The molecule has 0 spiro atoms. The number of nitrogens with one attached hydrogen (secondary N) is 1. The highest BCUT2D eigenvalue weighted by Crippen LogP contribution is 2.39. The van der Waals surface area contributed by atoms with Gasteiger partial charge < -0.3 is 24.7 Å². The lowest BCUT2D eigenvalue weighted by Crippen LogP contribution is -2.42. The molecule has 7 nitrogen and oxygen atoms in total. The van der Waals surface area contributed by atoms with Crippen LogP contribution in [-0.4, -0.2) is 52.6 Å². The van der Waals surface area contributed by atoms with Crippen molar-refractivity contribution in [2.45, 2.75) is 32.7 Å². The SMILES string of the molecule is CCC(CO)(CO)COc1ccc(C2c3[nH]c4ccc(C)cc4c3CCN2C(=O)Oc2ccc(F)cc2)cc1. The fourth-order valence-corrected chi connectivity index (χ4v) is 5.06. The van der Waals surface area contributed by atoms with E-state index in [4.69, 9.17) is 9.47 Å². The van der Waals surface area contributed by atoms with Gasteiger partial charge in [-0.3, -0.25) is 4.90 Å². The molecule has 204 valence electrons. The maximum Gasteiger partial charge on any atom is 0.416 e. The number of hydrogen-bond acceptors (Lipinski definition) is 5. The van der Waals surface area contributed by atoms with Crippen LogP contribution in [0.2, 0.25) is 0 Å². The van der Waals surface area contributed by atoms with Gasteiger partial charge in [-0.2, -0.15) is 0 Å². The summed E-state index contributed by atoms with van der Waals surface area (Å²) in [5, 5.41) is 20.6. The molecule has 0 radical (unpaired) electrons. The highest BCUT2D eigenvalue weighted by molar-refractivity contribution is 5.87. The van der Waals surface area contributed by atoms with Crippen LogP contribution < -0.4 is 9.47 Å². The number of nitrogens with zero attached hydrogens (tertiary/aromatic N) is 1. The number of amides is 1. The third-order valence-corrected chi connectivity index (χ3v) is 7.70. The molecular weight excluding hydrogens is 499 g/mol. The Bertz CT molecular complexity index is 1440. The number of hydrogen-bond donors (Lipinski definition) is 3. The minimum atomic E-state index is -0.708. The van der Waals surface area contributed by atoms with Crippen LogP contribution in [0.3, 0.4) is 0 Å². The Labute approximate surface area is 226 Å². The Kier molecular flexibility index (Phi) is 7.59. The van der Waals surface area contributed by atoms with E-state index in [-0.39, 0.29) is 25.6 Å².